The number of nitrogens with zero attached hydrogens (tertiary/aromatic N) is 1. The lowest BCUT2D eigenvalue weighted by Gasteiger charge is -2.15. The van der Waals surface area contributed by atoms with Gasteiger partial charge in [-0.05, 0) is 31.5 Å². The molecule has 0 radical (unpaired) electrons. The molecule has 0 N–H and O–H groups in total. The minimum absolute atomic E-state index is 0.00710. The lowest BCUT2D eigenvalue weighted by atomic mass is 10.2. The molecular formula is C14H17NO3. The van der Waals surface area contributed by atoms with Gasteiger partial charge in [0, 0.05) is 19.7 Å². The van der Waals surface area contributed by atoms with Gasteiger partial charge in [-0.3, -0.25) is 4.79 Å². The van der Waals surface area contributed by atoms with Crippen molar-refractivity contribution in [2.75, 3.05) is 13.8 Å². The van der Waals surface area contributed by atoms with Gasteiger partial charge in [-0.1, -0.05) is 11.6 Å². The monoisotopic (exact) mass is 247 g/mol. The van der Waals surface area contributed by atoms with Crippen molar-refractivity contribution in [1.82, 2.24) is 4.90 Å². The summed E-state index contributed by atoms with van der Waals surface area (Å²) in [6.45, 7) is 4.64. The molecule has 0 bridgehead atoms. The van der Waals surface area contributed by atoms with Gasteiger partial charge in [0.25, 0.3) is 0 Å². The van der Waals surface area contributed by atoms with Crippen LogP contribution in [0.15, 0.2) is 29.8 Å². The van der Waals surface area contributed by atoms with Gasteiger partial charge in [0.15, 0.2) is 11.5 Å². The Bertz CT molecular complexity index is 490. The van der Waals surface area contributed by atoms with E-state index in [9.17, 15) is 4.79 Å². The number of amides is 1. The van der Waals surface area contributed by atoms with Gasteiger partial charge in [-0.2, -0.15) is 0 Å². The second kappa shape index (κ2) is 5.12. The van der Waals surface area contributed by atoms with Gasteiger partial charge in [0.05, 0.1) is 0 Å². The first kappa shape index (κ1) is 12.5. The smallest absolute Gasteiger partial charge is 0.246 e. The summed E-state index contributed by atoms with van der Waals surface area (Å²) in [5.41, 5.74) is 2.02. The van der Waals surface area contributed by atoms with Gasteiger partial charge in [-0.25, -0.2) is 0 Å². The third-order valence-corrected chi connectivity index (χ3v) is 2.65. The summed E-state index contributed by atoms with van der Waals surface area (Å²) < 4.78 is 10.6. The summed E-state index contributed by atoms with van der Waals surface area (Å²) in [6.07, 6.45) is 1.63. The molecule has 1 heterocycles. The van der Waals surface area contributed by atoms with Crippen molar-refractivity contribution < 1.29 is 14.3 Å². The van der Waals surface area contributed by atoms with Crippen LogP contribution in [0.3, 0.4) is 0 Å². The van der Waals surface area contributed by atoms with E-state index in [1.54, 1.807) is 18.0 Å². The SMILES string of the molecule is CC(C)=CC(=O)N(C)Cc1ccc2c(c1)OCO2. The molecule has 0 spiro atoms. The highest BCUT2D eigenvalue weighted by molar-refractivity contribution is 5.87. The van der Waals surface area contributed by atoms with Crippen molar-refractivity contribution in [3.05, 3.63) is 35.4 Å². The summed E-state index contributed by atoms with van der Waals surface area (Å²) >= 11 is 0. The molecule has 0 atom stereocenters. The number of allylic oxidation sites excluding steroid dienone is 1. The normalized spacial score (nSPS) is 12.2. The maximum Gasteiger partial charge on any atom is 0.246 e. The van der Waals surface area contributed by atoms with Gasteiger partial charge in [0.1, 0.15) is 0 Å². The summed E-state index contributed by atoms with van der Waals surface area (Å²) in [6, 6.07) is 5.73. The molecule has 4 nitrogen and oxygen atoms in total. The molecule has 0 saturated heterocycles. The van der Waals surface area contributed by atoms with E-state index in [1.165, 1.54) is 0 Å². The molecule has 0 unspecified atom stereocenters. The zero-order chi connectivity index (χ0) is 13.1. The Labute approximate surface area is 107 Å². The summed E-state index contributed by atoms with van der Waals surface area (Å²) in [5, 5.41) is 0. The van der Waals surface area contributed by atoms with Crippen LogP contribution in [0.2, 0.25) is 0 Å². The highest BCUT2D eigenvalue weighted by Gasteiger charge is 2.14. The van der Waals surface area contributed by atoms with E-state index in [1.807, 2.05) is 32.0 Å². The van der Waals surface area contributed by atoms with E-state index in [-0.39, 0.29) is 12.7 Å². The summed E-state index contributed by atoms with van der Waals surface area (Å²) in [4.78, 5) is 13.5. The third-order valence-electron chi connectivity index (χ3n) is 2.65. The topological polar surface area (TPSA) is 38.8 Å². The van der Waals surface area contributed by atoms with Crippen LogP contribution in [-0.4, -0.2) is 24.6 Å². The molecule has 0 fully saturated rings. The first-order valence-electron chi connectivity index (χ1n) is 5.85. The zero-order valence-corrected chi connectivity index (χ0v) is 10.9. The Morgan fingerprint density at radius 3 is 2.78 bits per heavy atom. The van der Waals surface area contributed by atoms with Crippen LogP contribution < -0.4 is 9.47 Å². The lowest BCUT2D eigenvalue weighted by Crippen LogP contribution is -2.24. The fraction of sp³-hybridized carbons (Fsp3) is 0.357. The van der Waals surface area contributed by atoms with Crippen molar-refractivity contribution in [2.24, 2.45) is 0 Å². The van der Waals surface area contributed by atoms with E-state index >= 15 is 0 Å². The number of benzene rings is 1. The maximum absolute atomic E-state index is 11.8. The highest BCUT2D eigenvalue weighted by atomic mass is 16.7. The zero-order valence-electron chi connectivity index (χ0n) is 10.9. The molecule has 0 aliphatic carbocycles. The summed E-state index contributed by atoms with van der Waals surface area (Å²) in [7, 11) is 1.78. The maximum atomic E-state index is 11.8. The number of likely N-dealkylation sites (N-methyl/N-ethyl adjacent to an activating group) is 1. The Morgan fingerprint density at radius 1 is 1.33 bits per heavy atom. The van der Waals surface area contributed by atoms with Crippen molar-refractivity contribution in [3.8, 4) is 11.5 Å². The number of carbonyl (C=O) groups is 1. The van der Waals surface area contributed by atoms with Crippen LogP contribution in [0.1, 0.15) is 19.4 Å². The lowest BCUT2D eigenvalue weighted by molar-refractivity contribution is -0.125. The molecule has 18 heavy (non-hydrogen) atoms. The van der Waals surface area contributed by atoms with E-state index in [0.29, 0.717) is 6.54 Å². The molecule has 1 aromatic carbocycles. The fourth-order valence-corrected chi connectivity index (χ4v) is 1.75. The van der Waals surface area contributed by atoms with Crippen molar-refractivity contribution in [3.63, 3.8) is 0 Å². The van der Waals surface area contributed by atoms with E-state index < -0.39 is 0 Å². The predicted molar refractivity (Wildman–Crippen MR) is 68.5 cm³/mol. The molecule has 2 rings (SSSR count). The average molecular weight is 247 g/mol. The first-order valence-corrected chi connectivity index (χ1v) is 5.85. The average Bonchev–Trinajstić information content (AvgIpc) is 2.75. The second-order valence-electron chi connectivity index (χ2n) is 4.60. The number of carbonyl (C=O) groups excluding carboxylic acids is 1. The highest BCUT2D eigenvalue weighted by Crippen LogP contribution is 2.32. The largest absolute Gasteiger partial charge is 0.454 e. The van der Waals surface area contributed by atoms with Crippen LogP contribution in [0.25, 0.3) is 0 Å². The molecule has 1 aliphatic heterocycles. The number of ether oxygens (including phenoxy) is 2. The minimum Gasteiger partial charge on any atom is -0.454 e. The van der Waals surface area contributed by atoms with Crippen molar-refractivity contribution in [1.29, 1.82) is 0 Å². The molecule has 0 aromatic heterocycles. The quantitative estimate of drug-likeness (QED) is 0.769. The van der Waals surface area contributed by atoms with Crippen molar-refractivity contribution >= 4 is 5.91 Å². The van der Waals surface area contributed by atoms with Crippen LogP contribution in [0.4, 0.5) is 0 Å². The predicted octanol–water partition coefficient (Wildman–Crippen LogP) is 2.34. The molecule has 0 saturated carbocycles. The standard InChI is InChI=1S/C14H17NO3/c1-10(2)6-14(16)15(3)8-11-4-5-12-13(7-11)18-9-17-12/h4-7H,8-9H2,1-3H3. The number of fused-ring (bicyclic) bond motifs is 1. The van der Waals surface area contributed by atoms with Gasteiger partial charge in [-0.15, -0.1) is 0 Å². The van der Waals surface area contributed by atoms with Crippen LogP contribution in [0, 0.1) is 0 Å². The second-order valence-corrected chi connectivity index (χ2v) is 4.60. The van der Waals surface area contributed by atoms with Crippen LogP contribution in [-0.2, 0) is 11.3 Å². The Morgan fingerprint density at radius 2 is 2.06 bits per heavy atom. The number of hydrogen-bond acceptors (Lipinski definition) is 3. The number of rotatable bonds is 3. The molecular weight excluding hydrogens is 230 g/mol. The molecule has 1 aromatic rings. The molecule has 4 heteroatoms. The number of hydrogen-bond donors (Lipinski definition) is 0. The Kier molecular flexibility index (Phi) is 3.55. The van der Waals surface area contributed by atoms with E-state index in [0.717, 1.165) is 22.6 Å². The third kappa shape index (κ3) is 2.83. The van der Waals surface area contributed by atoms with E-state index in [2.05, 4.69) is 0 Å². The van der Waals surface area contributed by atoms with Crippen LogP contribution >= 0.6 is 0 Å². The van der Waals surface area contributed by atoms with Gasteiger partial charge >= 0.3 is 0 Å². The molecule has 96 valence electrons. The van der Waals surface area contributed by atoms with E-state index in [4.69, 9.17) is 9.47 Å². The Balaban J connectivity index is 2.05. The van der Waals surface area contributed by atoms with Gasteiger partial charge < -0.3 is 14.4 Å². The molecule has 1 aliphatic rings. The first-order chi connectivity index (χ1) is 8.56. The molecule has 1 amide bonds. The fourth-order valence-electron chi connectivity index (χ4n) is 1.75. The minimum atomic E-state index is 0.00710. The van der Waals surface area contributed by atoms with Gasteiger partial charge in [0.2, 0.25) is 12.7 Å². The summed E-state index contributed by atoms with van der Waals surface area (Å²) in [5.74, 6) is 1.51. The Hall–Kier alpha value is -1.97. The van der Waals surface area contributed by atoms with Crippen LogP contribution in [0.5, 0.6) is 11.5 Å². The van der Waals surface area contributed by atoms with Crippen molar-refractivity contribution in [2.45, 2.75) is 20.4 Å².